The van der Waals surface area contributed by atoms with Crippen LogP contribution in [0.1, 0.15) is 18.2 Å². The lowest BCUT2D eigenvalue weighted by molar-refractivity contribution is -0.129. The summed E-state index contributed by atoms with van der Waals surface area (Å²) in [5.41, 5.74) is 2.19. The Labute approximate surface area is 167 Å². The minimum atomic E-state index is -0.504. The van der Waals surface area contributed by atoms with Crippen LogP contribution >= 0.6 is 23.2 Å². The zero-order valence-electron chi connectivity index (χ0n) is 15.0. The molecule has 27 heavy (non-hydrogen) atoms. The van der Waals surface area contributed by atoms with E-state index in [1.165, 1.54) is 13.0 Å². The predicted molar refractivity (Wildman–Crippen MR) is 105 cm³/mol. The summed E-state index contributed by atoms with van der Waals surface area (Å²) in [6, 6.07) is 8.18. The minimum absolute atomic E-state index is 0.0418. The van der Waals surface area contributed by atoms with Crippen LogP contribution in [0.25, 0.3) is 0 Å². The van der Waals surface area contributed by atoms with E-state index in [0.717, 1.165) is 11.4 Å². The van der Waals surface area contributed by atoms with Crippen LogP contribution in [0, 0.1) is 5.95 Å². The molecule has 0 spiro atoms. The van der Waals surface area contributed by atoms with Gasteiger partial charge in [0.1, 0.15) is 5.84 Å². The number of hydrogen-bond acceptors (Lipinski definition) is 4. The summed E-state index contributed by atoms with van der Waals surface area (Å²) in [7, 11) is 1.90. The Balaban J connectivity index is 1.62. The molecule has 1 aromatic heterocycles. The summed E-state index contributed by atoms with van der Waals surface area (Å²) in [6.45, 7) is 3.04. The van der Waals surface area contributed by atoms with Gasteiger partial charge in [-0.2, -0.15) is 4.39 Å². The molecule has 0 aliphatic carbocycles. The van der Waals surface area contributed by atoms with Gasteiger partial charge in [0.05, 0.1) is 17.8 Å². The predicted octanol–water partition coefficient (Wildman–Crippen LogP) is 4.09. The number of hydrogen-bond donors (Lipinski definition) is 0. The second-order valence-corrected chi connectivity index (χ2v) is 7.32. The molecule has 0 bridgehead atoms. The molecule has 0 fully saturated rings. The summed E-state index contributed by atoms with van der Waals surface area (Å²) >= 11 is 12.1. The summed E-state index contributed by atoms with van der Waals surface area (Å²) in [5, 5.41) is 1.08. The Morgan fingerprint density at radius 2 is 1.89 bits per heavy atom. The molecular weight excluding hydrogens is 390 g/mol. The first-order chi connectivity index (χ1) is 12.8. The molecule has 0 unspecified atom stereocenters. The van der Waals surface area contributed by atoms with Crippen molar-refractivity contribution in [3.05, 3.63) is 57.6 Å². The number of carbonyl (C=O) groups is 1. The summed E-state index contributed by atoms with van der Waals surface area (Å²) < 4.78 is 13.3. The van der Waals surface area contributed by atoms with Gasteiger partial charge in [-0.1, -0.05) is 23.2 Å². The molecule has 5 nitrogen and oxygen atoms in total. The van der Waals surface area contributed by atoms with E-state index in [1.807, 2.05) is 11.9 Å². The number of halogens is 3. The van der Waals surface area contributed by atoms with Crippen molar-refractivity contribution in [3.63, 3.8) is 0 Å². The highest BCUT2D eigenvalue weighted by molar-refractivity contribution is 6.34. The molecule has 1 amide bonds. The highest BCUT2D eigenvalue weighted by Crippen LogP contribution is 2.25. The minimum Gasteiger partial charge on any atom is -0.361 e. The molecule has 0 N–H and O–H groups in total. The van der Waals surface area contributed by atoms with Gasteiger partial charge in [0.25, 0.3) is 0 Å². The molecule has 3 rings (SSSR count). The number of likely N-dealkylation sites (N-methyl/N-ethyl adjacent to an activating group) is 1. The third-order valence-electron chi connectivity index (χ3n) is 4.38. The maximum Gasteiger partial charge on any atom is 0.219 e. The summed E-state index contributed by atoms with van der Waals surface area (Å²) in [6.07, 6.45) is 0.480. The number of benzene rings is 1. The third kappa shape index (κ3) is 4.96. The van der Waals surface area contributed by atoms with Gasteiger partial charge in [-0.3, -0.25) is 4.79 Å². The number of nitrogens with zero attached hydrogens (tertiary/aromatic N) is 4. The Kier molecular flexibility index (Phi) is 5.97. The standard InChI is InChI=1S/C19H19Cl2FN4O/c1-12(27)26(11-13-7-14(20)9-15(21)8-13)6-5-25(2)19-10-17-16(24-19)3-4-18(22)23-17/h3-4,7-9H,5-6,10-11H2,1-2H3. The van der Waals surface area contributed by atoms with Crippen LogP contribution in [-0.4, -0.2) is 46.7 Å². The summed E-state index contributed by atoms with van der Waals surface area (Å²) in [5.74, 6) is 0.257. The molecule has 1 aliphatic rings. The second kappa shape index (κ2) is 8.23. The van der Waals surface area contributed by atoms with Crippen LogP contribution in [0.2, 0.25) is 10.0 Å². The molecule has 142 valence electrons. The van der Waals surface area contributed by atoms with Crippen molar-refractivity contribution in [2.24, 2.45) is 4.99 Å². The average Bonchev–Trinajstić information content (AvgIpc) is 3.00. The van der Waals surface area contributed by atoms with E-state index in [9.17, 15) is 9.18 Å². The molecule has 1 aromatic carbocycles. The summed E-state index contributed by atoms with van der Waals surface area (Å²) in [4.78, 5) is 24.1. The van der Waals surface area contributed by atoms with E-state index in [-0.39, 0.29) is 5.91 Å². The van der Waals surface area contributed by atoms with Crippen molar-refractivity contribution in [1.29, 1.82) is 0 Å². The van der Waals surface area contributed by atoms with Crippen LogP contribution in [0.3, 0.4) is 0 Å². The molecule has 8 heteroatoms. The van der Waals surface area contributed by atoms with Crippen LogP contribution in [0.5, 0.6) is 0 Å². The zero-order chi connectivity index (χ0) is 19.6. The number of fused-ring (bicyclic) bond motifs is 1. The van der Waals surface area contributed by atoms with Gasteiger partial charge in [-0.25, -0.2) is 9.98 Å². The van der Waals surface area contributed by atoms with Gasteiger partial charge >= 0.3 is 0 Å². The van der Waals surface area contributed by atoms with Crippen LogP contribution in [0.15, 0.2) is 35.3 Å². The second-order valence-electron chi connectivity index (χ2n) is 6.44. The number of carbonyl (C=O) groups excluding carboxylic acids is 1. The van der Waals surface area contributed by atoms with Crippen molar-refractivity contribution >= 4 is 40.6 Å². The zero-order valence-corrected chi connectivity index (χ0v) is 16.6. The number of rotatable bonds is 5. The van der Waals surface area contributed by atoms with Gasteiger partial charge in [0.2, 0.25) is 11.9 Å². The Hall–Kier alpha value is -2.18. The van der Waals surface area contributed by atoms with Crippen LogP contribution < -0.4 is 0 Å². The first-order valence-electron chi connectivity index (χ1n) is 8.46. The molecule has 0 atom stereocenters. The number of aliphatic imine (C=N–C) groups is 1. The van der Waals surface area contributed by atoms with E-state index < -0.39 is 5.95 Å². The molecule has 2 heterocycles. The fraction of sp³-hybridized carbons (Fsp3) is 0.316. The van der Waals surface area contributed by atoms with E-state index in [0.29, 0.717) is 47.5 Å². The largest absolute Gasteiger partial charge is 0.361 e. The smallest absolute Gasteiger partial charge is 0.219 e. The van der Waals surface area contributed by atoms with E-state index in [4.69, 9.17) is 23.2 Å². The lowest BCUT2D eigenvalue weighted by Crippen LogP contribution is -2.38. The van der Waals surface area contributed by atoms with Gasteiger partial charge in [-0.15, -0.1) is 0 Å². The number of aromatic nitrogens is 1. The number of amides is 1. The topological polar surface area (TPSA) is 48.8 Å². The Morgan fingerprint density at radius 3 is 2.56 bits per heavy atom. The highest BCUT2D eigenvalue weighted by Gasteiger charge is 2.20. The maximum absolute atomic E-state index is 13.3. The van der Waals surface area contributed by atoms with Crippen molar-refractivity contribution in [1.82, 2.24) is 14.8 Å². The quantitative estimate of drug-likeness (QED) is 0.699. The van der Waals surface area contributed by atoms with Gasteiger partial charge in [0.15, 0.2) is 0 Å². The van der Waals surface area contributed by atoms with Crippen molar-refractivity contribution in [3.8, 4) is 0 Å². The maximum atomic E-state index is 13.3. The van der Waals surface area contributed by atoms with Gasteiger partial charge in [0, 0.05) is 43.7 Å². The Morgan fingerprint density at radius 1 is 1.19 bits per heavy atom. The SMILES string of the molecule is CC(=O)N(CCN(C)C1=Nc2ccc(F)nc2C1)Cc1cc(Cl)cc(Cl)c1. The van der Waals surface area contributed by atoms with E-state index >= 15 is 0 Å². The van der Waals surface area contributed by atoms with Gasteiger partial charge < -0.3 is 9.80 Å². The average molecular weight is 409 g/mol. The normalized spacial score (nSPS) is 12.6. The van der Waals surface area contributed by atoms with E-state index in [2.05, 4.69) is 9.98 Å². The Bertz CT molecular complexity index is 883. The molecule has 0 saturated heterocycles. The van der Waals surface area contributed by atoms with Gasteiger partial charge in [-0.05, 0) is 35.9 Å². The fourth-order valence-electron chi connectivity index (χ4n) is 2.92. The van der Waals surface area contributed by atoms with Crippen molar-refractivity contribution < 1.29 is 9.18 Å². The first kappa shape index (κ1) is 19.6. The van der Waals surface area contributed by atoms with Crippen molar-refractivity contribution in [2.45, 2.75) is 19.9 Å². The van der Waals surface area contributed by atoms with E-state index in [1.54, 1.807) is 29.2 Å². The third-order valence-corrected chi connectivity index (χ3v) is 4.81. The van der Waals surface area contributed by atoms with Crippen molar-refractivity contribution in [2.75, 3.05) is 20.1 Å². The molecule has 2 aromatic rings. The van der Waals surface area contributed by atoms with Crippen LogP contribution in [-0.2, 0) is 17.8 Å². The highest BCUT2D eigenvalue weighted by atomic mass is 35.5. The fourth-order valence-corrected chi connectivity index (χ4v) is 3.49. The molecular formula is C19H19Cl2FN4O. The lowest BCUT2D eigenvalue weighted by atomic mass is 10.2. The number of amidine groups is 1. The van der Waals surface area contributed by atoms with Crippen LogP contribution in [0.4, 0.5) is 10.1 Å². The molecule has 0 radical (unpaired) electrons. The molecule has 1 aliphatic heterocycles. The lowest BCUT2D eigenvalue weighted by Gasteiger charge is -2.26. The number of pyridine rings is 1. The molecule has 0 saturated carbocycles. The first-order valence-corrected chi connectivity index (χ1v) is 9.22. The monoisotopic (exact) mass is 408 g/mol.